The molecule has 7 heteroatoms. The summed E-state index contributed by atoms with van der Waals surface area (Å²) in [5.74, 6) is -0.682. The van der Waals surface area contributed by atoms with Crippen molar-refractivity contribution in [1.29, 1.82) is 0 Å². The van der Waals surface area contributed by atoms with E-state index in [1.165, 1.54) is 0 Å². The summed E-state index contributed by atoms with van der Waals surface area (Å²) in [5.41, 5.74) is 2.17. The molecule has 0 aromatic heterocycles. The number of nitrogens with one attached hydrogen (secondary N) is 4. The second-order valence-electron chi connectivity index (χ2n) is 5.22. The van der Waals surface area contributed by atoms with Crippen LogP contribution in [0.15, 0.2) is 48.5 Å². The van der Waals surface area contributed by atoms with Crippen LogP contribution in [0.5, 0.6) is 0 Å². The fraction of sp³-hybridized carbons (Fsp3) is 0.167. The molecule has 0 heterocycles. The van der Waals surface area contributed by atoms with Gasteiger partial charge < -0.3 is 21.3 Å². The number of hydrogen-bond donors (Lipinski definition) is 4. The average Bonchev–Trinajstić information content (AvgIpc) is 2.65. The first kappa shape index (κ1) is 18.0. The Labute approximate surface area is 145 Å². The predicted molar refractivity (Wildman–Crippen MR) is 96.8 cm³/mol. The maximum atomic E-state index is 12.1. The molecule has 2 aromatic rings. The molecule has 0 aliphatic heterocycles. The molecule has 7 nitrogen and oxygen atoms in total. The highest BCUT2D eigenvalue weighted by atomic mass is 16.2. The van der Waals surface area contributed by atoms with Crippen LogP contribution in [0.4, 0.5) is 11.4 Å². The second-order valence-corrected chi connectivity index (χ2v) is 5.22. The first-order valence-corrected chi connectivity index (χ1v) is 7.71. The molecule has 130 valence electrons. The minimum absolute atomic E-state index is 0.0292. The summed E-state index contributed by atoms with van der Waals surface area (Å²) in [6, 6.07) is 13.5. The molecule has 0 radical (unpaired) electrons. The molecule has 0 fully saturated rings. The van der Waals surface area contributed by atoms with Crippen LogP contribution in [0.1, 0.15) is 20.7 Å². The van der Waals surface area contributed by atoms with Crippen molar-refractivity contribution in [2.24, 2.45) is 0 Å². The fourth-order valence-corrected chi connectivity index (χ4v) is 2.18. The Kier molecular flexibility index (Phi) is 6.11. The maximum Gasteiger partial charge on any atom is 0.251 e. The zero-order chi connectivity index (χ0) is 18.2. The molecule has 2 rings (SSSR count). The van der Waals surface area contributed by atoms with Crippen molar-refractivity contribution in [3.63, 3.8) is 0 Å². The second kappa shape index (κ2) is 8.49. The van der Waals surface area contributed by atoms with Crippen LogP contribution in [0.2, 0.25) is 0 Å². The van der Waals surface area contributed by atoms with Crippen LogP contribution in [0.25, 0.3) is 0 Å². The van der Waals surface area contributed by atoms with Crippen molar-refractivity contribution >= 4 is 29.1 Å². The SMILES string of the molecule is CNC(=O)c1cccc(NCC(=O)Nc2cccc(C(=O)NC)c2)c1. The lowest BCUT2D eigenvalue weighted by Gasteiger charge is -2.10. The van der Waals surface area contributed by atoms with E-state index in [0.29, 0.717) is 22.5 Å². The van der Waals surface area contributed by atoms with E-state index in [4.69, 9.17) is 0 Å². The number of amides is 3. The molecule has 0 unspecified atom stereocenters. The Morgan fingerprint density at radius 3 is 1.88 bits per heavy atom. The first-order valence-electron chi connectivity index (χ1n) is 7.71. The van der Waals surface area contributed by atoms with E-state index in [2.05, 4.69) is 21.3 Å². The molecule has 0 spiro atoms. The molecule has 2 aromatic carbocycles. The van der Waals surface area contributed by atoms with E-state index in [1.54, 1.807) is 62.6 Å². The van der Waals surface area contributed by atoms with Gasteiger partial charge in [-0.25, -0.2) is 0 Å². The molecule has 0 atom stereocenters. The first-order chi connectivity index (χ1) is 12.0. The highest BCUT2D eigenvalue weighted by Gasteiger charge is 2.07. The molecule has 0 aliphatic carbocycles. The minimum Gasteiger partial charge on any atom is -0.376 e. The lowest BCUT2D eigenvalue weighted by atomic mass is 10.2. The van der Waals surface area contributed by atoms with Gasteiger partial charge in [0, 0.05) is 36.6 Å². The third-order valence-electron chi connectivity index (χ3n) is 3.44. The summed E-state index contributed by atoms with van der Waals surface area (Å²) in [7, 11) is 3.10. The van der Waals surface area contributed by atoms with Crippen LogP contribution in [0.3, 0.4) is 0 Å². The molecular weight excluding hydrogens is 320 g/mol. The van der Waals surface area contributed by atoms with E-state index >= 15 is 0 Å². The average molecular weight is 340 g/mol. The van der Waals surface area contributed by atoms with Gasteiger partial charge >= 0.3 is 0 Å². The Bertz CT molecular complexity index is 789. The Morgan fingerprint density at radius 2 is 1.32 bits per heavy atom. The third-order valence-corrected chi connectivity index (χ3v) is 3.44. The van der Waals surface area contributed by atoms with Crippen LogP contribution in [0, 0.1) is 0 Å². The molecular formula is C18H20N4O3. The van der Waals surface area contributed by atoms with Crippen molar-refractivity contribution < 1.29 is 14.4 Å². The lowest BCUT2D eigenvalue weighted by Crippen LogP contribution is -2.23. The third kappa shape index (κ3) is 5.07. The van der Waals surface area contributed by atoms with Crippen LogP contribution in [-0.4, -0.2) is 38.4 Å². The molecule has 0 bridgehead atoms. The monoisotopic (exact) mass is 340 g/mol. The van der Waals surface area contributed by atoms with Crippen molar-refractivity contribution in [2.75, 3.05) is 31.3 Å². The smallest absolute Gasteiger partial charge is 0.251 e. The number of benzene rings is 2. The highest BCUT2D eigenvalue weighted by Crippen LogP contribution is 2.12. The maximum absolute atomic E-state index is 12.1. The fourth-order valence-electron chi connectivity index (χ4n) is 2.18. The predicted octanol–water partition coefficient (Wildman–Crippen LogP) is 1.46. The van der Waals surface area contributed by atoms with Gasteiger partial charge in [-0.3, -0.25) is 14.4 Å². The Hall–Kier alpha value is -3.35. The molecule has 25 heavy (non-hydrogen) atoms. The molecule has 3 amide bonds. The summed E-state index contributed by atoms with van der Waals surface area (Å²) in [6.07, 6.45) is 0. The van der Waals surface area contributed by atoms with E-state index < -0.39 is 0 Å². The van der Waals surface area contributed by atoms with Gasteiger partial charge in [0.25, 0.3) is 11.8 Å². The van der Waals surface area contributed by atoms with Gasteiger partial charge in [-0.2, -0.15) is 0 Å². The van der Waals surface area contributed by atoms with Gasteiger partial charge in [-0.15, -0.1) is 0 Å². The molecule has 0 saturated heterocycles. The van der Waals surface area contributed by atoms with Crippen LogP contribution >= 0.6 is 0 Å². The Balaban J connectivity index is 1.95. The summed E-state index contributed by atoms with van der Waals surface area (Å²) in [4.78, 5) is 35.3. The molecule has 0 aliphatic rings. The lowest BCUT2D eigenvalue weighted by molar-refractivity contribution is -0.114. The summed E-state index contributed by atoms with van der Waals surface area (Å²) in [6.45, 7) is 0.0292. The van der Waals surface area contributed by atoms with E-state index in [-0.39, 0.29) is 24.3 Å². The Morgan fingerprint density at radius 1 is 0.800 bits per heavy atom. The zero-order valence-corrected chi connectivity index (χ0v) is 14.1. The van der Waals surface area contributed by atoms with Gasteiger partial charge in [-0.05, 0) is 36.4 Å². The van der Waals surface area contributed by atoms with Gasteiger partial charge in [0.05, 0.1) is 6.54 Å². The quantitative estimate of drug-likeness (QED) is 0.640. The van der Waals surface area contributed by atoms with E-state index in [9.17, 15) is 14.4 Å². The topological polar surface area (TPSA) is 99.3 Å². The molecule has 0 saturated carbocycles. The minimum atomic E-state index is -0.264. The number of anilines is 2. The van der Waals surface area contributed by atoms with Crippen molar-refractivity contribution in [1.82, 2.24) is 10.6 Å². The highest BCUT2D eigenvalue weighted by molar-refractivity contribution is 5.98. The summed E-state index contributed by atoms with van der Waals surface area (Å²) >= 11 is 0. The van der Waals surface area contributed by atoms with E-state index in [0.717, 1.165) is 0 Å². The zero-order valence-electron chi connectivity index (χ0n) is 14.1. The van der Waals surface area contributed by atoms with Gasteiger partial charge in [0.2, 0.25) is 5.91 Å². The number of carbonyl (C=O) groups excluding carboxylic acids is 3. The standard InChI is InChI=1S/C18H20N4O3/c1-19-17(24)12-5-3-7-14(9-12)21-11-16(23)22-15-8-4-6-13(10-15)18(25)20-2/h3-10,21H,11H2,1-2H3,(H,19,24)(H,20,25)(H,22,23). The van der Waals surface area contributed by atoms with Gasteiger partial charge in [-0.1, -0.05) is 12.1 Å². The summed E-state index contributed by atoms with van der Waals surface area (Å²) in [5, 5.41) is 10.8. The normalized spacial score (nSPS) is 9.84. The van der Waals surface area contributed by atoms with E-state index in [1.807, 2.05) is 0 Å². The number of rotatable bonds is 6. The van der Waals surface area contributed by atoms with Crippen molar-refractivity contribution in [2.45, 2.75) is 0 Å². The van der Waals surface area contributed by atoms with Crippen molar-refractivity contribution in [3.8, 4) is 0 Å². The largest absolute Gasteiger partial charge is 0.376 e. The van der Waals surface area contributed by atoms with Crippen LogP contribution < -0.4 is 21.3 Å². The van der Waals surface area contributed by atoms with Gasteiger partial charge in [0.1, 0.15) is 0 Å². The number of hydrogen-bond acceptors (Lipinski definition) is 4. The molecule has 4 N–H and O–H groups in total. The van der Waals surface area contributed by atoms with Crippen molar-refractivity contribution in [3.05, 3.63) is 59.7 Å². The van der Waals surface area contributed by atoms with Gasteiger partial charge in [0.15, 0.2) is 0 Å². The van der Waals surface area contributed by atoms with Crippen LogP contribution in [-0.2, 0) is 4.79 Å². The number of carbonyl (C=O) groups is 3. The summed E-state index contributed by atoms with van der Waals surface area (Å²) < 4.78 is 0.